The summed E-state index contributed by atoms with van der Waals surface area (Å²) in [4.78, 5) is 16.1. The molecule has 2 aromatic carbocycles. The van der Waals surface area contributed by atoms with E-state index in [1.807, 2.05) is 67.3 Å². The van der Waals surface area contributed by atoms with Crippen LogP contribution in [-0.4, -0.2) is 49.4 Å². The fourth-order valence-electron chi connectivity index (χ4n) is 5.13. The second kappa shape index (κ2) is 11.0. The van der Waals surface area contributed by atoms with Crippen LogP contribution in [0, 0.1) is 5.41 Å². The first-order chi connectivity index (χ1) is 16.4. The number of halogens is 2. The number of allylic oxidation sites excluding steroid dienone is 1. The number of likely N-dealkylation sites (tertiary alicyclic amines) is 1. The molecule has 8 heteroatoms. The number of hydrogen-bond acceptors (Lipinski definition) is 3. The highest BCUT2D eigenvalue weighted by atomic mass is 35.5. The van der Waals surface area contributed by atoms with Gasteiger partial charge >= 0.3 is 0 Å². The summed E-state index contributed by atoms with van der Waals surface area (Å²) in [6, 6.07) is 14.7. The average molecular weight is 538 g/mol. The molecule has 1 aliphatic heterocycles. The number of carbonyl (C=O) groups is 1. The Balaban J connectivity index is 2.23. The molecule has 0 N–H and O–H groups in total. The molecule has 5 nitrogen and oxygen atoms in total. The van der Waals surface area contributed by atoms with E-state index in [9.17, 15) is 13.2 Å². The Kier molecular flexibility index (Phi) is 8.74. The lowest BCUT2D eigenvalue weighted by Gasteiger charge is -2.52. The van der Waals surface area contributed by atoms with Gasteiger partial charge < -0.3 is 4.90 Å². The summed E-state index contributed by atoms with van der Waals surface area (Å²) in [6.45, 7) is 8.08. The monoisotopic (exact) mass is 536 g/mol. The summed E-state index contributed by atoms with van der Waals surface area (Å²) in [6.07, 6.45) is 4.70. The Morgan fingerprint density at radius 3 is 2.37 bits per heavy atom. The van der Waals surface area contributed by atoms with Gasteiger partial charge in [-0.3, -0.25) is 4.79 Å². The van der Waals surface area contributed by atoms with Gasteiger partial charge in [-0.05, 0) is 54.7 Å². The lowest BCUT2D eigenvalue weighted by atomic mass is 9.67. The van der Waals surface area contributed by atoms with Gasteiger partial charge in [0.25, 0.3) is 0 Å². The highest BCUT2D eigenvalue weighted by molar-refractivity contribution is 7.88. The van der Waals surface area contributed by atoms with Gasteiger partial charge in [0, 0.05) is 35.6 Å². The Hall–Kier alpha value is -1.86. The van der Waals surface area contributed by atoms with Gasteiger partial charge in [0.1, 0.15) is 0 Å². The molecule has 1 amide bonds. The molecule has 0 aromatic heterocycles. The number of likely N-dealkylation sites (N-methyl/N-ethyl adjacent to an activating group) is 1. The van der Waals surface area contributed by atoms with E-state index >= 15 is 0 Å². The summed E-state index contributed by atoms with van der Waals surface area (Å²) in [5.74, 6) is -0.0560. The van der Waals surface area contributed by atoms with Gasteiger partial charge in [-0.1, -0.05) is 67.4 Å². The zero-order valence-electron chi connectivity index (χ0n) is 20.7. The van der Waals surface area contributed by atoms with Crippen molar-refractivity contribution < 1.29 is 13.2 Å². The minimum absolute atomic E-state index is 0.00405. The summed E-state index contributed by atoms with van der Waals surface area (Å²) < 4.78 is 25.9. The van der Waals surface area contributed by atoms with Crippen LogP contribution >= 0.6 is 23.2 Å². The lowest BCUT2D eigenvalue weighted by molar-refractivity contribution is -0.154. The molecule has 0 spiro atoms. The Bertz CT molecular complexity index is 1170. The molecular weight excluding hydrogens is 503 g/mol. The maximum absolute atomic E-state index is 14.2. The molecule has 1 fully saturated rings. The first-order valence-corrected chi connectivity index (χ1v) is 14.4. The number of carbonyl (C=O) groups excluding carboxylic acids is 1. The van der Waals surface area contributed by atoms with Crippen molar-refractivity contribution in [1.29, 1.82) is 0 Å². The van der Waals surface area contributed by atoms with E-state index < -0.39 is 15.4 Å². The molecule has 4 atom stereocenters. The van der Waals surface area contributed by atoms with Crippen LogP contribution in [0.3, 0.4) is 0 Å². The number of piperidine rings is 1. The molecule has 0 radical (unpaired) electrons. The molecule has 35 heavy (non-hydrogen) atoms. The second-order valence-electron chi connectivity index (χ2n) is 9.73. The van der Waals surface area contributed by atoms with E-state index in [-0.39, 0.29) is 30.5 Å². The van der Waals surface area contributed by atoms with Crippen LogP contribution in [0.5, 0.6) is 0 Å². The van der Waals surface area contributed by atoms with E-state index in [2.05, 4.69) is 6.58 Å². The number of benzene rings is 2. The fraction of sp³-hybridized carbons (Fsp3) is 0.444. The van der Waals surface area contributed by atoms with Gasteiger partial charge in [-0.2, -0.15) is 0 Å². The maximum atomic E-state index is 14.2. The molecule has 0 aliphatic carbocycles. The molecule has 0 bridgehead atoms. The molecule has 2 aromatic rings. The Labute approximate surface area is 219 Å². The Morgan fingerprint density at radius 2 is 1.83 bits per heavy atom. The van der Waals surface area contributed by atoms with E-state index in [4.69, 9.17) is 23.2 Å². The van der Waals surface area contributed by atoms with Crippen LogP contribution in [0.2, 0.25) is 10.0 Å². The van der Waals surface area contributed by atoms with Crippen LogP contribution in [0.15, 0.2) is 61.2 Å². The molecule has 1 heterocycles. The zero-order valence-corrected chi connectivity index (χ0v) is 23.1. The molecule has 1 saturated heterocycles. The van der Waals surface area contributed by atoms with E-state index in [1.54, 1.807) is 13.1 Å². The van der Waals surface area contributed by atoms with Crippen LogP contribution in [-0.2, 0) is 14.8 Å². The van der Waals surface area contributed by atoms with Crippen molar-refractivity contribution in [2.75, 3.05) is 19.8 Å². The number of rotatable bonds is 9. The van der Waals surface area contributed by atoms with Crippen molar-refractivity contribution in [3.8, 4) is 0 Å². The summed E-state index contributed by atoms with van der Waals surface area (Å²) in [5, 5.41) is 1.25. The number of hydrogen-bond donors (Lipinski definition) is 0. The molecule has 1 aliphatic rings. The highest BCUT2D eigenvalue weighted by Crippen LogP contribution is 2.52. The zero-order chi connectivity index (χ0) is 26.0. The fourth-order valence-corrected chi connectivity index (χ4v) is 5.90. The van der Waals surface area contributed by atoms with Gasteiger partial charge in [0.15, 0.2) is 0 Å². The largest absolute Gasteiger partial charge is 0.330 e. The first-order valence-electron chi connectivity index (χ1n) is 11.8. The summed E-state index contributed by atoms with van der Waals surface area (Å²) >= 11 is 12.6. The molecule has 1 unspecified atom stereocenters. The van der Waals surface area contributed by atoms with Crippen LogP contribution in [0.4, 0.5) is 0 Å². The second-order valence-corrected chi connectivity index (χ2v) is 12.7. The molecule has 3 rings (SSSR count). The average Bonchev–Trinajstić information content (AvgIpc) is 2.79. The Morgan fingerprint density at radius 1 is 1.17 bits per heavy atom. The normalized spacial score (nSPS) is 24.0. The maximum Gasteiger partial charge on any atom is 0.229 e. The third-order valence-electron chi connectivity index (χ3n) is 7.08. The predicted molar refractivity (Wildman–Crippen MR) is 144 cm³/mol. The third kappa shape index (κ3) is 6.11. The van der Waals surface area contributed by atoms with Crippen molar-refractivity contribution in [2.24, 2.45) is 5.41 Å². The van der Waals surface area contributed by atoms with Crippen LogP contribution in [0.25, 0.3) is 0 Å². The van der Waals surface area contributed by atoms with E-state index in [0.717, 1.165) is 11.1 Å². The smallest absolute Gasteiger partial charge is 0.229 e. The number of amides is 1. The molecular formula is C27H34Cl2N2O3S. The first kappa shape index (κ1) is 27.7. The van der Waals surface area contributed by atoms with Crippen molar-refractivity contribution >= 4 is 39.1 Å². The van der Waals surface area contributed by atoms with Crippen molar-refractivity contribution in [2.45, 2.75) is 51.1 Å². The third-order valence-corrected chi connectivity index (χ3v) is 8.85. The van der Waals surface area contributed by atoms with Crippen LogP contribution in [0.1, 0.15) is 56.2 Å². The van der Waals surface area contributed by atoms with E-state index in [0.29, 0.717) is 29.3 Å². The quantitative estimate of drug-likeness (QED) is 0.353. The topological polar surface area (TPSA) is 57.7 Å². The van der Waals surface area contributed by atoms with Crippen LogP contribution < -0.4 is 0 Å². The molecule has 0 saturated carbocycles. The summed E-state index contributed by atoms with van der Waals surface area (Å²) in [7, 11) is -1.86. The van der Waals surface area contributed by atoms with Gasteiger partial charge in [-0.25, -0.2) is 12.7 Å². The van der Waals surface area contributed by atoms with Gasteiger partial charge in [0.05, 0.1) is 17.7 Å². The van der Waals surface area contributed by atoms with Crippen molar-refractivity contribution in [3.05, 3.63) is 82.4 Å². The highest BCUT2D eigenvalue weighted by Gasteiger charge is 2.51. The number of sulfonamides is 1. The van der Waals surface area contributed by atoms with E-state index in [1.165, 1.54) is 10.6 Å². The summed E-state index contributed by atoms with van der Waals surface area (Å²) in [5.41, 5.74) is 1.31. The van der Waals surface area contributed by atoms with Gasteiger partial charge in [-0.15, -0.1) is 6.58 Å². The van der Waals surface area contributed by atoms with Crippen molar-refractivity contribution in [1.82, 2.24) is 9.21 Å². The molecule has 190 valence electrons. The minimum atomic E-state index is -3.42. The van der Waals surface area contributed by atoms with Gasteiger partial charge in [0.2, 0.25) is 15.9 Å². The number of nitrogens with zero attached hydrogens (tertiary/aromatic N) is 2. The lowest BCUT2D eigenvalue weighted by Crippen LogP contribution is -2.57. The standard InChI is InChI=1S/C27H34Cl2N2O3S/c1-6-15-27(3)17-24(20-9-8-10-22(29)16-20)25(19-11-13-21(28)14-12-19)31(26(27)32)23(7-2)18-30(4)35(5,33)34/h6,8-14,16,23-25H,1,7,15,17-18H2,2-5H3/t23-,24?,25+,27-/m0/s1. The SMILES string of the molecule is C=CC[C@@]1(C)CC(c2cccc(Cl)c2)[C@@H](c2ccc(Cl)cc2)N([C@@H](CC)CN(C)S(C)(=O)=O)C1=O. The van der Waals surface area contributed by atoms with Crippen molar-refractivity contribution in [3.63, 3.8) is 0 Å². The minimum Gasteiger partial charge on any atom is -0.330 e. The predicted octanol–water partition coefficient (Wildman–Crippen LogP) is 6.30.